The van der Waals surface area contributed by atoms with Gasteiger partial charge in [0.25, 0.3) is 0 Å². The van der Waals surface area contributed by atoms with E-state index in [-0.39, 0.29) is 0 Å². The Morgan fingerprint density at radius 1 is 0.317 bits per heavy atom. The summed E-state index contributed by atoms with van der Waals surface area (Å²) in [5.41, 5.74) is 12.3. The minimum absolute atomic E-state index is 1.08. The first-order valence-corrected chi connectivity index (χ1v) is 20.6. The van der Waals surface area contributed by atoms with Crippen molar-refractivity contribution >= 4 is 53.9 Å². The van der Waals surface area contributed by atoms with Crippen molar-refractivity contribution in [2.45, 2.75) is 69.2 Å². The second-order valence-corrected chi connectivity index (χ2v) is 15.9. The van der Waals surface area contributed by atoms with Gasteiger partial charge in [-0.1, -0.05) is 119 Å². The van der Waals surface area contributed by atoms with Gasteiger partial charge in [0.2, 0.25) is 0 Å². The molecule has 60 heavy (non-hydrogen) atoms. The molecule has 0 atom stereocenters. The molecule has 10 aromatic rings. The van der Waals surface area contributed by atoms with E-state index in [0.29, 0.717) is 0 Å². The molecule has 0 unspecified atom stereocenters. The van der Waals surface area contributed by atoms with E-state index < -0.39 is 0 Å². The molecule has 0 radical (unpaired) electrons. The van der Waals surface area contributed by atoms with E-state index in [9.17, 15) is 0 Å². The molecule has 0 aliphatic rings. The van der Waals surface area contributed by atoms with Crippen molar-refractivity contribution in [2.75, 3.05) is 0 Å². The van der Waals surface area contributed by atoms with E-state index >= 15 is 0 Å². The predicted molar refractivity (Wildman–Crippen MR) is 258 cm³/mol. The summed E-state index contributed by atoms with van der Waals surface area (Å²) < 4.78 is 0. The summed E-state index contributed by atoms with van der Waals surface area (Å²) in [5, 5.41) is 12.8. The molecule has 4 heteroatoms. The lowest BCUT2D eigenvalue weighted by molar-refractivity contribution is 1.22. The number of benzene rings is 6. The molecule has 0 aliphatic carbocycles. The smallest absolute Gasteiger partial charge is 0.0453 e. The minimum atomic E-state index is 1.08. The van der Waals surface area contributed by atoms with Gasteiger partial charge in [-0.25, -0.2) is 0 Å². The SMILES string of the molecule is Cc1cc2cccc(C)c2cn1.Cc1ccc2c(C)cncc2c1.Cc1ccc2cc(C)ncc2c1.Cc1ccc2ccc(C)cc2c1.Cc1cccc2ccnc(C)c12. The molecule has 0 saturated carbocycles. The number of hydrogen-bond acceptors (Lipinski definition) is 4. The van der Waals surface area contributed by atoms with Crippen LogP contribution >= 0.6 is 0 Å². The first-order valence-electron chi connectivity index (χ1n) is 20.6. The average Bonchev–Trinajstić information content (AvgIpc) is 3.22. The topological polar surface area (TPSA) is 51.6 Å². The fourth-order valence-electron chi connectivity index (χ4n) is 7.36. The molecule has 4 aromatic heterocycles. The van der Waals surface area contributed by atoms with Crippen molar-refractivity contribution in [3.8, 4) is 0 Å². The van der Waals surface area contributed by atoms with Gasteiger partial charge in [-0.2, -0.15) is 0 Å². The first-order chi connectivity index (χ1) is 28.8. The maximum absolute atomic E-state index is 4.27. The molecule has 0 bridgehead atoms. The molecule has 300 valence electrons. The average molecular weight is 785 g/mol. The van der Waals surface area contributed by atoms with E-state index in [0.717, 1.165) is 17.1 Å². The fourth-order valence-corrected chi connectivity index (χ4v) is 7.36. The van der Waals surface area contributed by atoms with E-state index in [2.05, 4.69) is 203 Å². The molecule has 10 rings (SSSR count). The standard InChI is InChI=1S/C12H12.4C11H11N/c1-9-3-5-11-6-4-10(2)8-12(11)7-9;1-8-3-4-11-9(2)6-12-7-10(11)5-8;1-8-3-4-10-6-9(2)12-7-11(10)5-8;1-8-4-3-5-10-6-9(2)12-7-11(8)10;1-8-4-3-5-10-6-7-12-9(2)11(8)10/h3-8H,1-2H3;4*3-7H,1-2H3. The third kappa shape index (κ3) is 11.2. The van der Waals surface area contributed by atoms with Crippen molar-refractivity contribution < 1.29 is 0 Å². The lowest BCUT2D eigenvalue weighted by Crippen LogP contribution is -1.85. The zero-order valence-corrected chi connectivity index (χ0v) is 36.8. The summed E-state index contributed by atoms with van der Waals surface area (Å²) >= 11 is 0. The van der Waals surface area contributed by atoms with Crippen LogP contribution in [0.25, 0.3) is 53.9 Å². The van der Waals surface area contributed by atoms with Gasteiger partial charge in [-0.15, -0.1) is 0 Å². The van der Waals surface area contributed by atoms with Crippen LogP contribution in [-0.2, 0) is 0 Å². The Morgan fingerprint density at radius 3 is 1.53 bits per heavy atom. The highest BCUT2D eigenvalue weighted by Crippen LogP contribution is 2.21. The van der Waals surface area contributed by atoms with Gasteiger partial charge in [0.05, 0.1) is 0 Å². The second kappa shape index (κ2) is 19.8. The molecule has 6 aromatic carbocycles. The Bertz CT molecular complexity index is 2830. The number of hydrogen-bond donors (Lipinski definition) is 0. The number of fused-ring (bicyclic) bond motifs is 5. The number of aromatic nitrogens is 4. The van der Waals surface area contributed by atoms with Gasteiger partial charge in [-0.05, 0) is 149 Å². The van der Waals surface area contributed by atoms with Crippen LogP contribution in [0.1, 0.15) is 56.0 Å². The molecule has 0 amide bonds. The Kier molecular flexibility index (Phi) is 14.1. The van der Waals surface area contributed by atoms with Gasteiger partial charge in [0.1, 0.15) is 0 Å². The predicted octanol–water partition coefficient (Wildman–Crippen LogP) is 14.9. The van der Waals surface area contributed by atoms with Crippen LogP contribution in [-0.4, -0.2) is 19.9 Å². The molecular weight excluding hydrogens is 729 g/mol. The Labute approximate surface area is 356 Å². The molecule has 4 nitrogen and oxygen atoms in total. The van der Waals surface area contributed by atoms with Crippen LogP contribution in [0.3, 0.4) is 0 Å². The normalized spacial score (nSPS) is 10.5. The first kappa shape index (κ1) is 42.8. The van der Waals surface area contributed by atoms with Gasteiger partial charge in [0.15, 0.2) is 0 Å². The Morgan fingerprint density at radius 2 is 0.867 bits per heavy atom. The monoisotopic (exact) mass is 784 g/mol. The fraction of sp³-hybridized carbons (Fsp3) is 0.179. The van der Waals surface area contributed by atoms with Crippen LogP contribution in [0.2, 0.25) is 0 Å². The van der Waals surface area contributed by atoms with Crippen LogP contribution in [0.5, 0.6) is 0 Å². The zero-order valence-electron chi connectivity index (χ0n) is 36.8. The van der Waals surface area contributed by atoms with Crippen molar-refractivity contribution in [2.24, 2.45) is 0 Å². The molecule has 0 spiro atoms. The van der Waals surface area contributed by atoms with Crippen LogP contribution in [0, 0.1) is 69.2 Å². The van der Waals surface area contributed by atoms with Crippen molar-refractivity contribution in [3.05, 3.63) is 214 Å². The number of nitrogens with zero attached hydrogens (tertiary/aromatic N) is 4. The molecule has 0 aliphatic heterocycles. The summed E-state index contributed by atoms with van der Waals surface area (Å²) in [5.74, 6) is 0. The Hall–Kier alpha value is -6.78. The largest absolute Gasteiger partial charge is 0.264 e. The third-order valence-corrected chi connectivity index (χ3v) is 10.6. The van der Waals surface area contributed by atoms with Crippen LogP contribution in [0.15, 0.2) is 158 Å². The van der Waals surface area contributed by atoms with E-state index in [1.807, 2.05) is 44.8 Å². The van der Waals surface area contributed by atoms with E-state index in [1.54, 1.807) is 0 Å². The third-order valence-electron chi connectivity index (χ3n) is 10.6. The van der Waals surface area contributed by atoms with Gasteiger partial charge in [0, 0.05) is 69.6 Å². The van der Waals surface area contributed by atoms with E-state index in [1.165, 1.54) is 92.8 Å². The molecular formula is C56H56N4. The summed E-state index contributed by atoms with van der Waals surface area (Å²) in [7, 11) is 0. The zero-order chi connectivity index (χ0) is 42.8. The van der Waals surface area contributed by atoms with E-state index in [4.69, 9.17) is 0 Å². The highest BCUT2D eigenvalue weighted by Gasteiger charge is 2.00. The molecule has 0 N–H and O–H groups in total. The van der Waals surface area contributed by atoms with Crippen molar-refractivity contribution in [3.63, 3.8) is 0 Å². The molecule has 0 fully saturated rings. The van der Waals surface area contributed by atoms with Crippen molar-refractivity contribution in [1.29, 1.82) is 0 Å². The summed E-state index contributed by atoms with van der Waals surface area (Å²) in [6, 6.07) is 44.9. The van der Waals surface area contributed by atoms with Crippen molar-refractivity contribution in [1.82, 2.24) is 19.9 Å². The maximum atomic E-state index is 4.27. The van der Waals surface area contributed by atoms with Crippen LogP contribution in [0.4, 0.5) is 0 Å². The molecule has 4 heterocycles. The number of aryl methyl sites for hydroxylation is 10. The number of pyridine rings is 4. The van der Waals surface area contributed by atoms with Gasteiger partial charge >= 0.3 is 0 Å². The summed E-state index contributed by atoms with van der Waals surface area (Å²) in [6.07, 6.45) is 9.54. The highest BCUT2D eigenvalue weighted by atomic mass is 14.7. The summed E-state index contributed by atoms with van der Waals surface area (Å²) in [6.45, 7) is 20.8. The Balaban J connectivity index is 0.000000126. The van der Waals surface area contributed by atoms with Gasteiger partial charge in [-0.3, -0.25) is 19.9 Å². The molecule has 0 saturated heterocycles. The highest BCUT2D eigenvalue weighted by molar-refractivity contribution is 5.88. The summed E-state index contributed by atoms with van der Waals surface area (Å²) in [4.78, 5) is 16.9. The van der Waals surface area contributed by atoms with Crippen LogP contribution < -0.4 is 0 Å². The number of rotatable bonds is 0. The lowest BCUT2D eigenvalue weighted by atomic mass is 10.1. The van der Waals surface area contributed by atoms with Gasteiger partial charge < -0.3 is 0 Å². The maximum Gasteiger partial charge on any atom is 0.0453 e. The minimum Gasteiger partial charge on any atom is -0.264 e. The lowest BCUT2D eigenvalue weighted by Gasteiger charge is -2.03. The second-order valence-electron chi connectivity index (χ2n) is 15.9. The quantitative estimate of drug-likeness (QED) is 0.154.